The highest BCUT2D eigenvalue weighted by molar-refractivity contribution is 6.08. The van der Waals surface area contributed by atoms with Crippen molar-refractivity contribution in [3.05, 3.63) is 60.2 Å². The molecule has 1 unspecified atom stereocenters. The van der Waals surface area contributed by atoms with Gasteiger partial charge in [-0.3, -0.25) is 0 Å². The zero-order valence-electron chi connectivity index (χ0n) is 12.7. The monoisotopic (exact) mass is 301 g/mol. The van der Waals surface area contributed by atoms with Gasteiger partial charge in [-0.25, -0.2) is 0 Å². The maximum atomic E-state index is 10.6. The molecule has 0 bridgehead atoms. The fraction of sp³-hybridized carbons (Fsp3) is 0.158. The number of para-hydroxylation sites is 1. The van der Waals surface area contributed by atoms with Crippen LogP contribution >= 0.6 is 0 Å². The van der Waals surface area contributed by atoms with Crippen molar-refractivity contribution in [2.24, 2.45) is 0 Å². The van der Waals surface area contributed by atoms with E-state index in [1.165, 1.54) is 0 Å². The molecule has 2 aromatic carbocycles. The summed E-state index contributed by atoms with van der Waals surface area (Å²) >= 11 is 0. The van der Waals surface area contributed by atoms with Gasteiger partial charge in [-0.05, 0) is 25.1 Å². The Morgan fingerprint density at radius 1 is 1.17 bits per heavy atom. The molecule has 1 atom stereocenters. The summed E-state index contributed by atoms with van der Waals surface area (Å²) in [5.41, 5.74) is 0.303. The predicted molar refractivity (Wildman–Crippen MR) is 89.4 cm³/mol. The molecular formula is C19H15N3O. The van der Waals surface area contributed by atoms with Gasteiger partial charge in [0.2, 0.25) is 5.60 Å². The van der Waals surface area contributed by atoms with Gasteiger partial charge in [0.25, 0.3) is 0 Å². The predicted octanol–water partition coefficient (Wildman–Crippen LogP) is 3.61. The smallest absolute Gasteiger partial charge is 0.212 e. The number of benzene rings is 2. The first-order valence-electron chi connectivity index (χ1n) is 7.31. The van der Waals surface area contributed by atoms with E-state index >= 15 is 0 Å². The number of fused-ring (bicyclic) bond motifs is 3. The summed E-state index contributed by atoms with van der Waals surface area (Å²) in [4.78, 5) is 0. The van der Waals surface area contributed by atoms with Gasteiger partial charge < -0.3 is 9.67 Å². The Kier molecular flexibility index (Phi) is 3.41. The Hall–Kier alpha value is -3.08. The third kappa shape index (κ3) is 2.01. The van der Waals surface area contributed by atoms with E-state index in [0.717, 1.165) is 28.4 Å². The van der Waals surface area contributed by atoms with Crippen LogP contribution in [0.2, 0.25) is 0 Å². The van der Waals surface area contributed by atoms with E-state index in [1.54, 1.807) is 24.3 Å². The topological polar surface area (TPSA) is 72.7 Å². The number of aryl methyl sites for hydroxylation is 1. The summed E-state index contributed by atoms with van der Waals surface area (Å²) in [6.07, 6.45) is 0. The first kappa shape index (κ1) is 14.8. The quantitative estimate of drug-likeness (QED) is 0.593. The maximum Gasteiger partial charge on any atom is 0.212 e. The molecule has 0 saturated heterocycles. The number of rotatable bonds is 3. The Bertz CT molecular complexity index is 1020. The fourth-order valence-corrected chi connectivity index (χ4v) is 3.01. The van der Waals surface area contributed by atoms with E-state index in [2.05, 4.69) is 18.1 Å². The van der Waals surface area contributed by atoms with Crippen molar-refractivity contribution < 1.29 is 5.11 Å². The van der Waals surface area contributed by atoms with E-state index in [-0.39, 0.29) is 5.57 Å². The van der Waals surface area contributed by atoms with Gasteiger partial charge in [-0.2, -0.15) is 10.5 Å². The first-order chi connectivity index (χ1) is 11.1. The molecule has 0 radical (unpaired) electrons. The summed E-state index contributed by atoms with van der Waals surface area (Å²) in [6, 6.07) is 16.9. The maximum absolute atomic E-state index is 10.6. The Morgan fingerprint density at radius 2 is 1.87 bits per heavy atom. The summed E-state index contributed by atoms with van der Waals surface area (Å²) in [5, 5.41) is 30.9. The number of aromatic nitrogens is 1. The Balaban J connectivity index is 2.37. The molecule has 0 fully saturated rings. The molecule has 3 aromatic rings. The van der Waals surface area contributed by atoms with Crippen LogP contribution in [-0.2, 0) is 12.1 Å². The lowest BCUT2D eigenvalue weighted by Gasteiger charge is -2.19. The van der Waals surface area contributed by atoms with Crippen LogP contribution < -0.4 is 0 Å². The minimum absolute atomic E-state index is 0.182. The van der Waals surface area contributed by atoms with Gasteiger partial charge in [-0.1, -0.05) is 30.8 Å². The number of aliphatic hydroxyl groups is 1. The van der Waals surface area contributed by atoms with E-state index < -0.39 is 5.60 Å². The highest BCUT2D eigenvalue weighted by atomic mass is 16.3. The van der Waals surface area contributed by atoms with Crippen molar-refractivity contribution in [1.29, 1.82) is 10.5 Å². The highest BCUT2D eigenvalue weighted by Gasteiger charge is 2.33. The molecule has 23 heavy (non-hydrogen) atoms. The molecule has 1 aromatic heterocycles. The highest BCUT2D eigenvalue weighted by Crippen LogP contribution is 2.34. The molecule has 0 aliphatic rings. The van der Waals surface area contributed by atoms with Crippen molar-refractivity contribution in [1.82, 2.24) is 4.57 Å². The van der Waals surface area contributed by atoms with Gasteiger partial charge in [0.1, 0.15) is 6.07 Å². The molecule has 0 saturated carbocycles. The summed E-state index contributed by atoms with van der Waals surface area (Å²) in [7, 11) is 0. The number of hydrogen-bond donors (Lipinski definition) is 1. The summed E-state index contributed by atoms with van der Waals surface area (Å²) in [5.74, 6) is 0. The minimum atomic E-state index is -2.00. The molecule has 4 heteroatoms. The molecule has 0 spiro atoms. The zero-order chi connectivity index (χ0) is 16.6. The van der Waals surface area contributed by atoms with Crippen LogP contribution in [0.4, 0.5) is 0 Å². The fourth-order valence-electron chi connectivity index (χ4n) is 3.01. The minimum Gasteiger partial charge on any atom is -0.367 e. The van der Waals surface area contributed by atoms with E-state index in [0.29, 0.717) is 5.56 Å². The first-order valence-corrected chi connectivity index (χ1v) is 7.31. The second-order valence-electron chi connectivity index (χ2n) is 5.41. The van der Waals surface area contributed by atoms with E-state index in [1.807, 2.05) is 30.3 Å². The van der Waals surface area contributed by atoms with Crippen molar-refractivity contribution >= 4 is 21.8 Å². The lowest BCUT2D eigenvalue weighted by molar-refractivity contribution is 0.143. The number of hydrogen-bond acceptors (Lipinski definition) is 3. The Labute approximate surface area is 134 Å². The molecule has 112 valence electrons. The van der Waals surface area contributed by atoms with Crippen LogP contribution in [0.3, 0.4) is 0 Å². The van der Waals surface area contributed by atoms with Crippen LogP contribution in [0.1, 0.15) is 12.5 Å². The summed E-state index contributed by atoms with van der Waals surface area (Å²) in [6.45, 7) is 6.41. The van der Waals surface area contributed by atoms with Crippen LogP contribution in [0.15, 0.2) is 54.6 Å². The normalized spacial score (nSPS) is 13.4. The SMILES string of the molecule is C=C(C#N)C(O)(C#N)c1ccc2c(c1)c1ccccc1n2CC. The molecule has 1 N–H and O–H groups in total. The average Bonchev–Trinajstić information content (AvgIpc) is 2.93. The van der Waals surface area contributed by atoms with Crippen LogP contribution in [0, 0.1) is 22.7 Å². The van der Waals surface area contributed by atoms with Gasteiger partial charge in [0, 0.05) is 33.9 Å². The molecule has 3 rings (SSSR count). The van der Waals surface area contributed by atoms with E-state index in [9.17, 15) is 10.4 Å². The van der Waals surface area contributed by atoms with E-state index in [4.69, 9.17) is 5.26 Å². The lowest BCUT2D eigenvalue weighted by Crippen LogP contribution is -2.25. The van der Waals surface area contributed by atoms with Gasteiger partial charge in [0.05, 0.1) is 11.6 Å². The van der Waals surface area contributed by atoms with Crippen molar-refractivity contribution in [2.45, 2.75) is 19.1 Å². The van der Waals surface area contributed by atoms with Crippen molar-refractivity contribution in [3.63, 3.8) is 0 Å². The molecule has 0 amide bonds. The Morgan fingerprint density at radius 3 is 2.52 bits per heavy atom. The van der Waals surface area contributed by atoms with Gasteiger partial charge in [0.15, 0.2) is 0 Å². The molecular weight excluding hydrogens is 286 g/mol. The third-order valence-corrected chi connectivity index (χ3v) is 4.24. The van der Waals surface area contributed by atoms with Gasteiger partial charge in [-0.15, -0.1) is 0 Å². The van der Waals surface area contributed by atoms with Crippen LogP contribution in [-0.4, -0.2) is 9.67 Å². The number of nitrogens with zero attached hydrogens (tertiary/aromatic N) is 3. The standard InChI is InChI=1S/C19H15N3O/c1-3-22-17-7-5-4-6-15(17)16-10-14(8-9-18(16)22)19(23,12-21)13(2)11-20/h4-10,23H,2-3H2,1H3. The zero-order valence-corrected chi connectivity index (χ0v) is 12.7. The van der Waals surface area contributed by atoms with Crippen molar-refractivity contribution in [2.75, 3.05) is 0 Å². The second kappa shape index (κ2) is 5.28. The largest absolute Gasteiger partial charge is 0.367 e. The average molecular weight is 301 g/mol. The molecule has 1 heterocycles. The third-order valence-electron chi connectivity index (χ3n) is 4.24. The second-order valence-corrected chi connectivity index (χ2v) is 5.41. The molecule has 4 nitrogen and oxygen atoms in total. The molecule has 0 aliphatic heterocycles. The molecule has 0 aliphatic carbocycles. The van der Waals surface area contributed by atoms with Crippen LogP contribution in [0.25, 0.3) is 21.8 Å². The lowest BCUT2D eigenvalue weighted by atomic mass is 9.88. The van der Waals surface area contributed by atoms with Gasteiger partial charge >= 0.3 is 0 Å². The van der Waals surface area contributed by atoms with Crippen LogP contribution in [0.5, 0.6) is 0 Å². The number of nitriles is 2. The summed E-state index contributed by atoms with van der Waals surface area (Å²) < 4.78 is 2.18. The van der Waals surface area contributed by atoms with Crippen molar-refractivity contribution in [3.8, 4) is 12.1 Å².